The molecule has 0 amide bonds. The zero-order valence-electron chi connectivity index (χ0n) is 17.7. The monoisotopic (exact) mass is 409 g/mol. The van der Waals surface area contributed by atoms with Crippen molar-refractivity contribution in [2.75, 3.05) is 38.3 Å². The van der Waals surface area contributed by atoms with Gasteiger partial charge >= 0.3 is 0 Å². The molecule has 1 N–H and O–H groups in total. The smallest absolute Gasteiger partial charge is 0.227 e. The number of hydrogen-bond acceptors (Lipinski definition) is 5. The summed E-state index contributed by atoms with van der Waals surface area (Å²) in [4.78, 5) is 5.60. The Morgan fingerprint density at radius 1 is 1.17 bits per heavy atom. The molecule has 2 fully saturated rings. The van der Waals surface area contributed by atoms with Gasteiger partial charge in [0, 0.05) is 62.8 Å². The van der Waals surface area contributed by atoms with Crippen LogP contribution < -0.4 is 4.90 Å². The Morgan fingerprint density at radius 3 is 2.93 bits per heavy atom. The normalized spacial score (nSPS) is 22.0. The molecule has 2 atom stereocenters. The number of aromatic amines is 1. The second kappa shape index (κ2) is 8.78. The molecule has 0 aliphatic carbocycles. The van der Waals surface area contributed by atoms with Crippen LogP contribution in [0.4, 0.5) is 5.95 Å². The van der Waals surface area contributed by atoms with Crippen molar-refractivity contribution >= 4 is 16.9 Å². The maximum absolute atomic E-state index is 5.96. The average molecular weight is 410 g/mol. The lowest BCUT2D eigenvalue weighted by Gasteiger charge is -2.28. The Morgan fingerprint density at radius 2 is 2.10 bits per heavy atom. The summed E-state index contributed by atoms with van der Waals surface area (Å²) in [6.07, 6.45) is 7.78. The van der Waals surface area contributed by atoms with Gasteiger partial charge in [0.05, 0.1) is 12.7 Å². The van der Waals surface area contributed by atoms with E-state index in [0.29, 0.717) is 5.92 Å². The van der Waals surface area contributed by atoms with Crippen LogP contribution in [-0.4, -0.2) is 59.3 Å². The number of nitrogens with one attached hydrogen (secondary N) is 1. The van der Waals surface area contributed by atoms with Crippen molar-refractivity contribution in [3.05, 3.63) is 41.9 Å². The number of hydrogen-bond donors (Lipinski definition) is 1. The fourth-order valence-electron chi connectivity index (χ4n) is 4.70. The molecule has 0 spiro atoms. The predicted octanol–water partition coefficient (Wildman–Crippen LogP) is 3.39. The van der Waals surface area contributed by atoms with Crippen molar-refractivity contribution in [1.29, 1.82) is 0 Å². The van der Waals surface area contributed by atoms with Crippen molar-refractivity contribution in [1.82, 2.24) is 19.7 Å². The molecule has 7 heteroatoms. The topological polar surface area (TPSA) is 68.2 Å². The molecule has 0 bridgehead atoms. The van der Waals surface area contributed by atoms with E-state index in [1.165, 1.54) is 23.8 Å². The van der Waals surface area contributed by atoms with E-state index < -0.39 is 0 Å². The van der Waals surface area contributed by atoms with Crippen molar-refractivity contribution in [2.24, 2.45) is 5.92 Å². The van der Waals surface area contributed by atoms with E-state index >= 15 is 0 Å². The van der Waals surface area contributed by atoms with Gasteiger partial charge in [-0.2, -0.15) is 0 Å². The highest BCUT2D eigenvalue weighted by molar-refractivity contribution is 5.83. The molecular formula is C23H31N5O2. The quantitative estimate of drug-likeness (QED) is 0.648. The molecule has 0 saturated carbocycles. The molecular weight excluding hydrogens is 378 g/mol. The minimum absolute atomic E-state index is 0.279. The summed E-state index contributed by atoms with van der Waals surface area (Å²) < 4.78 is 13.9. The van der Waals surface area contributed by atoms with Crippen LogP contribution in [0.25, 0.3) is 10.9 Å². The molecule has 2 saturated heterocycles. The van der Waals surface area contributed by atoms with Crippen LogP contribution in [0.1, 0.15) is 37.1 Å². The largest absolute Gasteiger partial charge is 0.381 e. The number of H-pyrrole nitrogens is 1. The van der Waals surface area contributed by atoms with Crippen LogP contribution in [0.2, 0.25) is 0 Å². The standard InChI is InChI=1S/C23H31N5O2/c1-27(15-19-6-4-5-10-30-19)23-26-25-22(28(23)14-17-9-11-29-16-17)12-18-13-24-21-8-3-2-7-20(18)21/h2-3,7-8,13,17,19,24H,4-6,9-12,14-16H2,1H3/t17-,19+/m1/s1. The predicted molar refractivity (Wildman–Crippen MR) is 117 cm³/mol. The van der Waals surface area contributed by atoms with Crippen LogP contribution in [0.15, 0.2) is 30.5 Å². The SMILES string of the molecule is CN(C[C@@H]1CCCCO1)c1nnc(Cc2c[nH]c3ccccc23)n1C[C@H]1CCOC1. The Labute approximate surface area is 177 Å². The van der Waals surface area contributed by atoms with Crippen LogP contribution >= 0.6 is 0 Å². The van der Waals surface area contributed by atoms with E-state index in [2.05, 4.69) is 62.2 Å². The summed E-state index contributed by atoms with van der Waals surface area (Å²) in [5.74, 6) is 2.46. The van der Waals surface area contributed by atoms with Gasteiger partial charge in [0.2, 0.25) is 5.95 Å². The third-order valence-corrected chi connectivity index (χ3v) is 6.39. The van der Waals surface area contributed by atoms with Crippen LogP contribution in [0, 0.1) is 5.92 Å². The highest BCUT2D eigenvalue weighted by Crippen LogP contribution is 2.25. The van der Waals surface area contributed by atoms with Crippen LogP contribution in [0.5, 0.6) is 0 Å². The lowest BCUT2D eigenvalue weighted by atomic mass is 10.1. The van der Waals surface area contributed by atoms with Crippen LogP contribution in [-0.2, 0) is 22.4 Å². The molecule has 3 aromatic rings. The van der Waals surface area contributed by atoms with Gasteiger partial charge in [0.25, 0.3) is 0 Å². The van der Waals surface area contributed by atoms with Gasteiger partial charge in [-0.1, -0.05) is 18.2 Å². The highest BCUT2D eigenvalue weighted by atomic mass is 16.5. The van der Waals surface area contributed by atoms with Crippen molar-refractivity contribution < 1.29 is 9.47 Å². The average Bonchev–Trinajstić information content (AvgIpc) is 3.51. The molecule has 0 unspecified atom stereocenters. The van der Waals surface area contributed by atoms with Crippen molar-refractivity contribution in [3.8, 4) is 0 Å². The molecule has 2 aliphatic heterocycles. The molecule has 160 valence electrons. The number of benzene rings is 1. The summed E-state index contributed by atoms with van der Waals surface area (Å²) in [7, 11) is 2.11. The minimum atomic E-state index is 0.279. The molecule has 7 nitrogen and oxygen atoms in total. The van der Waals surface area contributed by atoms with E-state index in [1.807, 2.05) is 0 Å². The molecule has 5 rings (SSSR count). The zero-order chi connectivity index (χ0) is 20.3. The number of aromatic nitrogens is 4. The molecule has 2 aromatic heterocycles. The first-order chi connectivity index (χ1) is 14.8. The van der Waals surface area contributed by atoms with Gasteiger partial charge in [-0.3, -0.25) is 4.57 Å². The number of rotatable bonds is 7. The van der Waals surface area contributed by atoms with Gasteiger partial charge in [0.15, 0.2) is 0 Å². The lowest BCUT2D eigenvalue weighted by molar-refractivity contribution is 0.0213. The number of ether oxygens (including phenoxy) is 2. The molecule has 4 heterocycles. The van der Waals surface area contributed by atoms with Gasteiger partial charge in [0.1, 0.15) is 5.82 Å². The third-order valence-electron chi connectivity index (χ3n) is 6.39. The summed E-state index contributed by atoms with van der Waals surface area (Å²) in [6, 6.07) is 8.43. The summed E-state index contributed by atoms with van der Waals surface area (Å²) in [6.45, 7) is 4.30. The van der Waals surface area contributed by atoms with Gasteiger partial charge < -0.3 is 19.4 Å². The second-order valence-electron chi connectivity index (χ2n) is 8.66. The Hall–Kier alpha value is -2.38. The maximum atomic E-state index is 5.96. The third kappa shape index (κ3) is 4.09. The fraction of sp³-hybridized carbons (Fsp3) is 0.565. The van der Waals surface area contributed by atoms with Crippen LogP contribution in [0.3, 0.4) is 0 Å². The van der Waals surface area contributed by atoms with Gasteiger partial charge in [-0.25, -0.2) is 0 Å². The first kappa shape index (κ1) is 19.6. The van der Waals surface area contributed by atoms with Gasteiger partial charge in [-0.05, 0) is 37.3 Å². The second-order valence-corrected chi connectivity index (χ2v) is 8.66. The Bertz CT molecular complexity index is 969. The number of anilines is 1. The lowest BCUT2D eigenvalue weighted by Crippen LogP contribution is -2.35. The fourth-order valence-corrected chi connectivity index (χ4v) is 4.70. The van der Waals surface area contributed by atoms with E-state index in [1.54, 1.807) is 0 Å². The van der Waals surface area contributed by atoms with E-state index in [9.17, 15) is 0 Å². The summed E-state index contributed by atoms with van der Waals surface area (Å²) in [5.41, 5.74) is 2.42. The van der Waals surface area contributed by atoms with Crippen molar-refractivity contribution in [2.45, 2.75) is 44.8 Å². The number of para-hydroxylation sites is 1. The Kier molecular flexibility index (Phi) is 5.73. The minimum Gasteiger partial charge on any atom is -0.381 e. The molecule has 30 heavy (non-hydrogen) atoms. The summed E-state index contributed by atoms with van der Waals surface area (Å²) in [5, 5.41) is 10.5. The van der Waals surface area contributed by atoms with Crippen molar-refractivity contribution in [3.63, 3.8) is 0 Å². The molecule has 2 aliphatic rings. The Balaban J connectivity index is 1.41. The first-order valence-electron chi connectivity index (χ1n) is 11.2. The van der Waals surface area contributed by atoms with E-state index in [4.69, 9.17) is 9.47 Å². The first-order valence-corrected chi connectivity index (χ1v) is 11.2. The number of fused-ring (bicyclic) bond motifs is 1. The van der Waals surface area contributed by atoms with Gasteiger partial charge in [-0.15, -0.1) is 10.2 Å². The number of likely N-dealkylation sites (N-methyl/N-ethyl adjacent to an activating group) is 1. The summed E-state index contributed by atoms with van der Waals surface area (Å²) >= 11 is 0. The molecule has 1 aromatic carbocycles. The molecule has 0 radical (unpaired) electrons. The zero-order valence-corrected chi connectivity index (χ0v) is 17.7. The highest BCUT2D eigenvalue weighted by Gasteiger charge is 2.25. The van der Waals surface area contributed by atoms with E-state index in [-0.39, 0.29) is 6.10 Å². The number of nitrogens with zero attached hydrogens (tertiary/aromatic N) is 4. The maximum Gasteiger partial charge on any atom is 0.227 e. The van der Waals surface area contributed by atoms with E-state index in [0.717, 1.165) is 69.5 Å².